The first-order valence-electron chi connectivity index (χ1n) is 10.0. The van der Waals surface area contributed by atoms with Gasteiger partial charge < -0.3 is 4.74 Å². The van der Waals surface area contributed by atoms with Crippen molar-refractivity contribution in [2.45, 2.75) is 6.92 Å². The second-order valence-electron chi connectivity index (χ2n) is 7.09. The van der Waals surface area contributed by atoms with E-state index in [0.717, 1.165) is 28.1 Å². The molecule has 0 bridgehead atoms. The Labute approximate surface area is 191 Å². The largest absolute Gasteiger partial charge is 0.482 e. The van der Waals surface area contributed by atoms with Crippen LogP contribution >= 0.6 is 11.6 Å². The van der Waals surface area contributed by atoms with E-state index in [1.54, 1.807) is 35.2 Å². The van der Waals surface area contributed by atoms with Crippen LogP contribution in [0, 0.1) is 6.92 Å². The molecule has 6 nitrogen and oxygen atoms in total. The first-order chi connectivity index (χ1) is 15.6. The summed E-state index contributed by atoms with van der Waals surface area (Å²) in [5, 5.41) is 9.28. The van der Waals surface area contributed by atoms with Crippen molar-refractivity contribution in [3.63, 3.8) is 0 Å². The van der Waals surface area contributed by atoms with Crippen molar-refractivity contribution in [2.24, 2.45) is 5.10 Å². The smallest absolute Gasteiger partial charge is 0.277 e. The molecular formula is C25H21ClN4O2. The standard InChI is InChI=1S/C25H21ClN4O2/c1-18-11-13-19(14-12-18)25-20(16-30(29-25)21-7-3-2-4-8-21)15-27-28-24(31)17-32-23-10-6-5-9-22(23)26/h2-16H,17H2,1H3,(H,28,31)/b27-15+. The molecular weight excluding hydrogens is 424 g/mol. The molecule has 0 aliphatic rings. The molecule has 1 heterocycles. The number of hydrogen-bond donors (Lipinski definition) is 1. The summed E-state index contributed by atoms with van der Waals surface area (Å²) in [5.41, 5.74) is 7.07. The van der Waals surface area contributed by atoms with Crippen LogP contribution in [0.3, 0.4) is 0 Å². The number of aromatic nitrogens is 2. The zero-order valence-electron chi connectivity index (χ0n) is 17.4. The lowest BCUT2D eigenvalue weighted by molar-refractivity contribution is -0.123. The van der Waals surface area contributed by atoms with Crippen LogP contribution in [0.4, 0.5) is 0 Å². The summed E-state index contributed by atoms with van der Waals surface area (Å²) in [5.74, 6) is 0.0487. The molecule has 0 aliphatic heterocycles. The number of carbonyl (C=O) groups is 1. The number of amides is 1. The first-order valence-corrected chi connectivity index (χ1v) is 10.4. The maximum atomic E-state index is 12.1. The van der Waals surface area contributed by atoms with Crippen LogP contribution in [0.5, 0.6) is 5.75 Å². The predicted molar refractivity (Wildman–Crippen MR) is 126 cm³/mol. The minimum absolute atomic E-state index is 0.199. The van der Waals surface area contributed by atoms with Crippen molar-refractivity contribution in [3.8, 4) is 22.7 Å². The molecule has 4 aromatic rings. The van der Waals surface area contributed by atoms with Gasteiger partial charge in [0.15, 0.2) is 6.61 Å². The van der Waals surface area contributed by atoms with Gasteiger partial charge in [0, 0.05) is 17.3 Å². The average molecular weight is 445 g/mol. The second kappa shape index (κ2) is 9.94. The lowest BCUT2D eigenvalue weighted by Crippen LogP contribution is -2.24. The summed E-state index contributed by atoms with van der Waals surface area (Å²) in [6.07, 6.45) is 3.45. The molecule has 0 aliphatic carbocycles. The van der Waals surface area contributed by atoms with Gasteiger partial charge in [-0.25, -0.2) is 10.1 Å². The molecule has 3 aromatic carbocycles. The van der Waals surface area contributed by atoms with E-state index in [2.05, 4.69) is 10.5 Å². The third-order valence-corrected chi connectivity index (χ3v) is 4.99. The number of ether oxygens (including phenoxy) is 1. The van der Waals surface area contributed by atoms with E-state index in [0.29, 0.717) is 10.8 Å². The number of aryl methyl sites for hydroxylation is 1. The number of nitrogens with zero attached hydrogens (tertiary/aromatic N) is 3. The number of benzene rings is 3. The highest BCUT2D eigenvalue weighted by atomic mass is 35.5. The van der Waals surface area contributed by atoms with Gasteiger partial charge in [0.2, 0.25) is 0 Å². The Kier molecular flexibility index (Phi) is 6.63. The summed E-state index contributed by atoms with van der Waals surface area (Å²) >= 11 is 6.03. The number of hydrazone groups is 1. The maximum Gasteiger partial charge on any atom is 0.277 e. The average Bonchev–Trinajstić information content (AvgIpc) is 3.24. The second-order valence-corrected chi connectivity index (χ2v) is 7.50. The molecule has 0 saturated heterocycles. The normalized spacial score (nSPS) is 10.9. The van der Waals surface area contributed by atoms with E-state index >= 15 is 0 Å². The van der Waals surface area contributed by atoms with E-state index in [1.807, 2.05) is 67.7 Å². The van der Waals surface area contributed by atoms with E-state index in [9.17, 15) is 4.79 Å². The van der Waals surface area contributed by atoms with Gasteiger partial charge in [-0.15, -0.1) is 0 Å². The molecule has 32 heavy (non-hydrogen) atoms. The quantitative estimate of drug-likeness (QED) is 0.321. The minimum Gasteiger partial charge on any atom is -0.482 e. The van der Waals surface area contributed by atoms with E-state index in [1.165, 1.54) is 0 Å². The molecule has 1 aromatic heterocycles. The Morgan fingerprint density at radius 1 is 1.06 bits per heavy atom. The fourth-order valence-corrected chi connectivity index (χ4v) is 3.23. The highest BCUT2D eigenvalue weighted by molar-refractivity contribution is 6.32. The SMILES string of the molecule is Cc1ccc(-c2nn(-c3ccccc3)cc2/C=N/NC(=O)COc2ccccc2Cl)cc1. The summed E-state index contributed by atoms with van der Waals surface area (Å²) < 4.78 is 7.22. The zero-order chi connectivity index (χ0) is 22.3. The zero-order valence-corrected chi connectivity index (χ0v) is 18.2. The van der Waals surface area contributed by atoms with Gasteiger partial charge in [0.25, 0.3) is 5.91 Å². The number of carbonyl (C=O) groups excluding carboxylic acids is 1. The number of hydrogen-bond acceptors (Lipinski definition) is 4. The number of halogens is 1. The molecule has 160 valence electrons. The number of rotatable bonds is 7. The van der Waals surface area contributed by atoms with Gasteiger partial charge in [-0.05, 0) is 31.2 Å². The molecule has 4 rings (SSSR count). The van der Waals surface area contributed by atoms with Crippen LogP contribution in [-0.4, -0.2) is 28.5 Å². The third-order valence-electron chi connectivity index (χ3n) is 4.68. The fourth-order valence-electron chi connectivity index (χ4n) is 3.04. The van der Waals surface area contributed by atoms with Crippen molar-refractivity contribution in [1.82, 2.24) is 15.2 Å². The molecule has 0 atom stereocenters. The van der Waals surface area contributed by atoms with Crippen LogP contribution in [-0.2, 0) is 4.79 Å². The molecule has 1 N–H and O–H groups in total. The van der Waals surface area contributed by atoms with Gasteiger partial charge in [0.05, 0.1) is 16.9 Å². The van der Waals surface area contributed by atoms with E-state index in [-0.39, 0.29) is 6.61 Å². The van der Waals surface area contributed by atoms with E-state index < -0.39 is 5.91 Å². The third kappa shape index (κ3) is 5.22. The van der Waals surface area contributed by atoms with Crippen molar-refractivity contribution < 1.29 is 9.53 Å². The van der Waals surface area contributed by atoms with Gasteiger partial charge in [0.1, 0.15) is 11.4 Å². The molecule has 1 amide bonds. The van der Waals surface area contributed by atoms with Gasteiger partial charge >= 0.3 is 0 Å². The summed E-state index contributed by atoms with van der Waals surface area (Å²) in [7, 11) is 0. The fraction of sp³-hybridized carbons (Fsp3) is 0.0800. The Hall–Kier alpha value is -3.90. The van der Waals surface area contributed by atoms with Crippen molar-refractivity contribution >= 4 is 23.7 Å². The molecule has 0 spiro atoms. The van der Waals surface area contributed by atoms with E-state index in [4.69, 9.17) is 21.4 Å². The Morgan fingerprint density at radius 2 is 1.78 bits per heavy atom. The van der Waals surface area contributed by atoms with Crippen LogP contribution in [0.2, 0.25) is 5.02 Å². The first kappa shape index (κ1) is 21.3. The van der Waals surface area contributed by atoms with Crippen molar-refractivity contribution in [1.29, 1.82) is 0 Å². The summed E-state index contributed by atoms with van der Waals surface area (Å²) in [6, 6.07) is 24.9. The lowest BCUT2D eigenvalue weighted by atomic mass is 10.1. The molecule has 0 radical (unpaired) electrons. The van der Waals surface area contributed by atoms with Crippen LogP contribution in [0.25, 0.3) is 16.9 Å². The summed E-state index contributed by atoms with van der Waals surface area (Å²) in [6.45, 7) is 1.84. The van der Waals surface area contributed by atoms with Crippen LogP contribution in [0.15, 0.2) is 90.2 Å². The van der Waals surface area contributed by atoms with Gasteiger partial charge in [-0.3, -0.25) is 4.79 Å². The van der Waals surface area contributed by atoms with Crippen molar-refractivity contribution in [3.05, 3.63) is 101 Å². The Balaban J connectivity index is 1.50. The predicted octanol–water partition coefficient (Wildman–Crippen LogP) is 5.03. The topological polar surface area (TPSA) is 68.5 Å². The molecule has 0 saturated carbocycles. The summed E-state index contributed by atoms with van der Waals surface area (Å²) in [4.78, 5) is 12.1. The molecule has 0 fully saturated rings. The van der Waals surface area contributed by atoms with Crippen LogP contribution in [0.1, 0.15) is 11.1 Å². The van der Waals surface area contributed by atoms with Gasteiger partial charge in [-0.2, -0.15) is 10.2 Å². The monoisotopic (exact) mass is 444 g/mol. The highest BCUT2D eigenvalue weighted by Gasteiger charge is 2.11. The van der Waals surface area contributed by atoms with Crippen molar-refractivity contribution in [2.75, 3.05) is 6.61 Å². The lowest BCUT2D eigenvalue weighted by Gasteiger charge is -2.06. The minimum atomic E-state index is -0.395. The maximum absolute atomic E-state index is 12.1. The highest BCUT2D eigenvalue weighted by Crippen LogP contribution is 2.24. The molecule has 7 heteroatoms. The van der Waals surface area contributed by atoms with Crippen LogP contribution < -0.4 is 10.2 Å². The number of nitrogens with one attached hydrogen (secondary N) is 1. The number of para-hydroxylation sites is 2. The Morgan fingerprint density at radius 3 is 2.53 bits per heavy atom. The van der Waals surface area contributed by atoms with Gasteiger partial charge in [-0.1, -0.05) is 71.8 Å². The Bertz CT molecular complexity index is 1230. The molecule has 0 unspecified atom stereocenters.